The van der Waals surface area contributed by atoms with Gasteiger partial charge in [-0.15, -0.1) is 0 Å². The lowest BCUT2D eigenvalue weighted by Crippen LogP contribution is -1.99. The van der Waals surface area contributed by atoms with Crippen LogP contribution in [-0.2, 0) is 0 Å². The van der Waals surface area contributed by atoms with E-state index in [4.69, 9.17) is 10.00 Å². The van der Waals surface area contributed by atoms with E-state index in [-0.39, 0.29) is 5.92 Å². The van der Waals surface area contributed by atoms with Crippen molar-refractivity contribution in [3.63, 3.8) is 0 Å². The predicted molar refractivity (Wildman–Crippen MR) is 56.3 cm³/mol. The number of para-hydroxylation sites is 1. The highest BCUT2D eigenvalue weighted by atomic mass is 16.5. The van der Waals surface area contributed by atoms with E-state index in [0.717, 1.165) is 17.7 Å². The first kappa shape index (κ1) is 10.6. The van der Waals surface area contributed by atoms with Crippen LogP contribution in [0.1, 0.15) is 31.2 Å². The van der Waals surface area contributed by atoms with Gasteiger partial charge in [0.2, 0.25) is 0 Å². The van der Waals surface area contributed by atoms with Gasteiger partial charge in [-0.25, -0.2) is 0 Å². The van der Waals surface area contributed by atoms with Gasteiger partial charge in [0.1, 0.15) is 5.75 Å². The summed E-state index contributed by atoms with van der Waals surface area (Å²) in [6, 6.07) is 10.1. The number of nitrogens with zero attached hydrogens (tertiary/aromatic N) is 1. The Bertz CT molecular complexity index is 327. The molecule has 0 aliphatic carbocycles. The molecule has 2 heteroatoms. The molecule has 0 fully saturated rings. The van der Waals surface area contributed by atoms with Crippen molar-refractivity contribution in [1.29, 1.82) is 5.26 Å². The molecular formula is C12H15NO. The van der Waals surface area contributed by atoms with Gasteiger partial charge in [-0.3, -0.25) is 0 Å². The summed E-state index contributed by atoms with van der Waals surface area (Å²) in [4.78, 5) is 0. The topological polar surface area (TPSA) is 33.0 Å². The maximum atomic E-state index is 8.70. The van der Waals surface area contributed by atoms with E-state index in [1.165, 1.54) is 0 Å². The quantitative estimate of drug-likeness (QED) is 0.729. The molecule has 1 unspecified atom stereocenters. The third kappa shape index (κ3) is 2.26. The number of benzene rings is 1. The highest BCUT2D eigenvalue weighted by Gasteiger charge is 2.12. The predicted octanol–water partition coefficient (Wildman–Crippen LogP) is 3.10. The summed E-state index contributed by atoms with van der Waals surface area (Å²) >= 11 is 0. The summed E-state index contributed by atoms with van der Waals surface area (Å²) in [6.07, 6.45) is 1.52. The van der Waals surface area contributed by atoms with Crippen LogP contribution >= 0.6 is 0 Å². The molecule has 0 saturated carbocycles. The van der Waals surface area contributed by atoms with E-state index < -0.39 is 0 Å². The first-order valence-corrected chi connectivity index (χ1v) is 4.83. The first-order valence-electron chi connectivity index (χ1n) is 4.83. The van der Waals surface area contributed by atoms with E-state index in [2.05, 4.69) is 13.0 Å². The van der Waals surface area contributed by atoms with Gasteiger partial charge in [0.15, 0.2) is 0 Å². The van der Waals surface area contributed by atoms with Crippen molar-refractivity contribution in [3.05, 3.63) is 29.8 Å². The molecule has 1 atom stereocenters. The first-order chi connectivity index (χ1) is 6.83. The second-order valence-electron chi connectivity index (χ2n) is 3.21. The Labute approximate surface area is 85.1 Å². The molecule has 2 nitrogen and oxygen atoms in total. The normalized spacial score (nSPS) is 11.8. The molecule has 0 heterocycles. The summed E-state index contributed by atoms with van der Waals surface area (Å²) in [5, 5.41) is 8.70. The fourth-order valence-corrected chi connectivity index (χ4v) is 1.59. The Morgan fingerprint density at radius 3 is 2.71 bits per heavy atom. The van der Waals surface area contributed by atoms with Crippen molar-refractivity contribution in [1.82, 2.24) is 0 Å². The Hall–Kier alpha value is -1.49. The number of hydrogen-bond acceptors (Lipinski definition) is 2. The van der Waals surface area contributed by atoms with Gasteiger partial charge in [-0.1, -0.05) is 25.1 Å². The van der Waals surface area contributed by atoms with Crippen molar-refractivity contribution in [3.8, 4) is 11.8 Å². The molecule has 0 saturated heterocycles. The molecular weight excluding hydrogens is 174 g/mol. The molecule has 74 valence electrons. The molecule has 1 rings (SSSR count). The average Bonchev–Trinajstić information content (AvgIpc) is 2.26. The number of hydrogen-bond donors (Lipinski definition) is 0. The fraction of sp³-hybridized carbons (Fsp3) is 0.417. The van der Waals surface area contributed by atoms with Crippen LogP contribution in [-0.4, -0.2) is 7.11 Å². The van der Waals surface area contributed by atoms with Crippen molar-refractivity contribution in [2.24, 2.45) is 0 Å². The molecule has 0 bridgehead atoms. The number of rotatable bonds is 4. The average molecular weight is 189 g/mol. The lowest BCUT2D eigenvalue weighted by atomic mass is 9.93. The summed E-state index contributed by atoms with van der Waals surface area (Å²) in [5.41, 5.74) is 1.14. The molecule has 0 aliphatic rings. The maximum Gasteiger partial charge on any atom is 0.122 e. The largest absolute Gasteiger partial charge is 0.496 e. The molecule has 0 aromatic heterocycles. The van der Waals surface area contributed by atoms with Gasteiger partial charge in [0.25, 0.3) is 0 Å². The molecule has 0 radical (unpaired) electrons. The zero-order valence-corrected chi connectivity index (χ0v) is 8.66. The Balaban J connectivity index is 2.97. The van der Waals surface area contributed by atoms with Crippen LogP contribution in [0.5, 0.6) is 5.75 Å². The zero-order valence-electron chi connectivity index (χ0n) is 8.66. The summed E-state index contributed by atoms with van der Waals surface area (Å²) in [7, 11) is 1.66. The Morgan fingerprint density at radius 2 is 2.14 bits per heavy atom. The van der Waals surface area contributed by atoms with Crippen LogP contribution in [0.3, 0.4) is 0 Å². The third-order valence-electron chi connectivity index (χ3n) is 2.41. The van der Waals surface area contributed by atoms with Crippen LogP contribution < -0.4 is 4.74 Å². The van der Waals surface area contributed by atoms with Gasteiger partial charge >= 0.3 is 0 Å². The van der Waals surface area contributed by atoms with Crippen LogP contribution in [0.4, 0.5) is 0 Å². The molecule has 0 amide bonds. The number of ether oxygens (including phenoxy) is 1. The van der Waals surface area contributed by atoms with Gasteiger partial charge in [0, 0.05) is 12.3 Å². The third-order valence-corrected chi connectivity index (χ3v) is 2.41. The second-order valence-corrected chi connectivity index (χ2v) is 3.21. The zero-order chi connectivity index (χ0) is 10.4. The summed E-state index contributed by atoms with van der Waals surface area (Å²) < 4.78 is 5.27. The van der Waals surface area contributed by atoms with Crippen molar-refractivity contribution < 1.29 is 4.74 Å². The highest BCUT2D eigenvalue weighted by molar-refractivity contribution is 5.36. The smallest absolute Gasteiger partial charge is 0.122 e. The molecule has 1 aromatic rings. The molecule has 0 N–H and O–H groups in total. The van der Waals surface area contributed by atoms with Crippen LogP contribution in [0, 0.1) is 11.3 Å². The van der Waals surface area contributed by atoms with E-state index in [0.29, 0.717) is 6.42 Å². The maximum absolute atomic E-state index is 8.70. The van der Waals surface area contributed by atoms with Crippen LogP contribution in [0.2, 0.25) is 0 Å². The van der Waals surface area contributed by atoms with Gasteiger partial charge in [-0.2, -0.15) is 5.26 Å². The van der Waals surface area contributed by atoms with E-state index in [9.17, 15) is 0 Å². The van der Waals surface area contributed by atoms with Gasteiger partial charge < -0.3 is 4.74 Å². The van der Waals surface area contributed by atoms with E-state index in [1.807, 2.05) is 24.3 Å². The van der Waals surface area contributed by atoms with Crippen molar-refractivity contribution in [2.75, 3.05) is 7.11 Å². The minimum Gasteiger partial charge on any atom is -0.496 e. The Morgan fingerprint density at radius 1 is 1.43 bits per heavy atom. The van der Waals surface area contributed by atoms with Gasteiger partial charge in [-0.05, 0) is 18.1 Å². The minimum atomic E-state index is 0.288. The Kier molecular flexibility index (Phi) is 4.00. The highest BCUT2D eigenvalue weighted by Crippen LogP contribution is 2.30. The molecule has 0 spiro atoms. The monoisotopic (exact) mass is 189 g/mol. The number of nitriles is 1. The van der Waals surface area contributed by atoms with Crippen molar-refractivity contribution >= 4 is 0 Å². The second kappa shape index (κ2) is 5.29. The van der Waals surface area contributed by atoms with E-state index >= 15 is 0 Å². The molecule has 14 heavy (non-hydrogen) atoms. The van der Waals surface area contributed by atoms with E-state index in [1.54, 1.807) is 7.11 Å². The summed E-state index contributed by atoms with van der Waals surface area (Å²) in [5.74, 6) is 1.17. The fourth-order valence-electron chi connectivity index (χ4n) is 1.59. The van der Waals surface area contributed by atoms with Crippen LogP contribution in [0.15, 0.2) is 24.3 Å². The lowest BCUT2D eigenvalue weighted by Gasteiger charge is -2.14. The standard InChI is InChI=1S/C12H15NO/c1-3-10(8-9-13)11-6-4-5-7-12(11)14-2/h4-7,10H,3,8H2,1-2H3. The minimum absolute atomic E-state index is 0.288. The van der Waals surface area contributed by atoms with Gasteiger partial charge in [0.05, 0.1) is 13.2 Å². The number of methoxy groups -OCH3 is 1. The SMILES string of the molecule is CCC(CC#N)c1ccccc1OC. The van der Waals surface area contributed by atoms with Crippen LogP contribution in [0.25, 0.3) is 0 Å². The molecule has 1 aromatic carbocycles. The summed E-state index contributed by atoms with van der Waals surface area (Å²) in [6.45, 7) is 2.09. The lowest BCUT2D eigenvalue weighted by molar-refractivity contribution is 0.404. The van der Waals surface area contributed by atoms with Crippen molar-refractivity contribution in [2.45, 2.75) is 25.7 Å². The molecule has 0 aliphatic heterocycles.